The van der Waals surface area contributed by atoms with Gasteiger partial charge in [-0.1, -0.05) is 41.1 Å². The van der Waals surface area contributed by atoms with E-state index in [1.54, 1.807) is 29.1 Å². The Kier molecular flexibility index (Phi) is 4.05. The zero-order valence-electron chi connectivity index (χ0n) is 10.8. The van der Waals surface area contributed by atoms with Crippen molar-refractivity contribution in [3.8, 4) is 5.69 Å². The van der Waals surface area contributed by atoms with E-state index in [0.717, 1.165) is 10.2 Å². The zero-order valence-corrected chi connectivity index (χ0v) is 13.2. The molecule has 0 fully saturated rings. The van der Waals surface area contributed by atoms with Gasteiger partial charge < -0.3 is 5.11 Å². The maximum Gasteiger partial charge on any atom is 0.123 e. The van der Waals surface area contributed by atoms with Gasteiger partial charge in [-0.05, 0) is 45.8 Å². The van der Waals surface area contributed by atoms with Crippen LogP contribution in [0.4, 0.5) is 0 Å². The van der Waals surface area contributed by atoms with Crippen LogP contribution in [-0.4, -0.2) is 20.1 Å². The Morgan fingerprint density at radius 2 is 1.90 bits per heavy atom. The minimum Gasteiger partial charge on any atom is -0.382 e. The summed E-state index contributed by atoms with van der Waals surface area (Å²) in [5.41, 5.74) is 2.15. The molecule has 3 rings (SSSR count). The quantitative estimate of drug-likeness (QED) is 0.770. The molecule has 1 heterocycles. The Morgan fingerprint density at radius 1 is 1.14 bits per heavy atom. The van der Waals surface area contributed by atoms with Gasteiger partial charge in [0.15, 0.2) is 0 Å². The first-order valence-electron chi connectivity index (χ1n) is 6.26. The highest BCUT2D eigenvalue weighted by molar-refractivity contribution is 9.10. The zero-order chi connectivity index (χ0) is 14.8. The maximum atomic E-state index is 10.6. The third-order valence-corrected chi connectivity index (χ3v) is 4.33. The van der Waals surface area contributed by atoms with Crippen LogP contribution in [0.15, 0.2) is 59.2 Å². The van der Waals surface area contributed by atoms with Gasteiger partial charge in [-0.3, -0.25) is 0 Å². The van der Waals surface area contributed by atoms with Crippen LogP contribution in [0, 0.1) is 0 Å². The van der Waals surface area contributed by atoms with E-state index < -0.39 is 6.10 Å². The minimum atomic E-state index is -0.839. The fraction of sp³-hybridized carbons (Fsp3) is 0.0667. The molecule has 21 heavy (non-hydrogen) atoms. The molecule has 0 saturated carbocycles. The van der Waals surface area contributed by atoms with Crippen molar-refractivity contribution in [3.05, 3.63) is 75.5 Å². The van der Waals surface area contributed by atoms with Crippen molar-refractivity contribution in [2.75, 3.05) is 0 Å². The molecule has 2 aromatic carbocycles. The smallest absolute Gasteiger partial charge is 0.123 e. The molecule has 4 nitrogen and oxygen atoms in total. The molecule has 0 radical (unpaired) electrons. The summed E-state index contributed by atoms with van der Waals surface area (Å²) < 4.78 is 2.35. The third-order valence-electron chi connectivity index (χ3n) is 3.12. The number of rotatable bonds is 3. The lowest BCUT2D eigenvalue weighted by molar-refractivity contribution is 0.212. The molecule has 0 aliphatic rings. The summed E-state index contributed by atoms with van der Waals surface area (Å²) in [5.74, 6) is 0. The van der Waals surface area contributed by atoms with Crippen LogP contribution >= 0.6 is 27.5 Å². The summed E-state index contributed by atoms with van der Waals surface area (Å²) in [5, 5.41) is 19.1. The molecule has 0 bridgehead atoms. The van der Waals surface area contributed by atoms with E-state index in [4.69, 9.17) is 11.6 Å². The summed E-state index contributed by atoms with van der Waals surface area (Å²) in [6.07, 6.45) is 0.717. The number of hydrogen-bond acceptors (Lipinski definition) is 3. The van der Waals surface area contributed by atoms with E-state index in [-0.39, 0.29) is 0 Å². The first-order chi connectivity index (χ1) is 10.2. The topological polar surface area (TPSA) is 50.9 Å². The van der Waals surface area contributed by atoms with Crippen LogP contribution in [0.2, 0.25) is 5.02 Å². The van der Waals surface area contributed by atoms with Crippen molar-refractivity contribution in [2.45, 2.75) is 6.10 Å². The Labute approximate surface area is 135 Å². The molecule has 0 amide bonds. The lowest BCUT2D eigenvalue weighted by Gasteiger charge is -2.13. The summed E-state index contributed by atoms with van der Waals surface area (Å²) in [4.78, 5) is 0. The van der Waals surface area contributed by atoms with Crippen LogP contribution in [0.3, 0.4) is 0 Å². The molecule has 1 atom stereocenters. The van der Waals surface area contributed by atoms with Crippen LogP contribution in [0.1, 0.15) is 17.4 Å². The lowest BCUT2D eigenvalue weighted by Crippen LogP contribution is -2.08. The van der Waals surface area contributed by atoms with E-state index >= 15 is 0 Å². The minimum absolute atomic E-state index is 0.593. The van der Waals surface area contributed by atoms with Crippen molar-refractivity contribution in [1.29, 1.82) is 0 Å². The van der Waals surface area contributed by atoms with Gasteiger partial charge >= 0.3 is 0 Å². The molecule has 3 aromatic rings. The number of halogens is 2. The predicted octanol–water partition coefficient (Wildman–Crippen LogP) is 3.76. The molecule has 1 unspecified atom stereocenters. The fourth-order valence-corrected chi connectivity index (χ4v) is 2.57. The third kappa shape index (κ3) is 2.85. The van der Waals surface area contributed by atoms with E-state index in [2.05, 4.69) is 26.2 Å². The summed E-state index contributed by atoms with van der Waals surface area (Å²) >= 11 is 9.34. The van der Waals surface area contributed by atoms with Gasteiger partial charge in [0, 0.05) is 4.47 Å². The first-order valence-corrected chi connectivity index (χ1v) is 7.43. The molecule has 1 aromatic heterocycles. The van der Waals surface area contributed by atoms with Crippen LogP contribution in [0.5, 0.6) is 0 Å². The van der Waals surface area contributed by atoms with E-state index in [1.807, 2.05) is 30.3 Å². The SMILES string of the molecule is OC(c1ccc(Cl)c(Br)c1)c1cnnn1-c1ccccc1. The van der Waals surface area contributed by atoms with Gasteiger partial charge in [-0.25, -0.2) is 4.68 Å². The van der Waals surface area contributed by atoms with Crippen LogP contribution < -0.4 is 0 Å². The molecular formula is C15H11BrClN3O. The van der Waals surface area contributed by atoms with E-state index in [1.165, 1.54) is 0 Å². The molecule has 0 spiro atoms. The molecule has 6 heteroatoms. The highest BCUT2D eigenvalue weighted by Crippen LogP contribution is 2.29. The molecule has 106 valence electrons. The average molecular weight is 365 g/mol. The average Bonchev–Trinajstić information content (AvgIpc) is 2.99. The molecule has 0 aliphatic heterocycles. The van der Waals surface area contributed by atoms with Gasteiger partial charge in [0.25, 0.3) is 0 Å². The monoisotopic (exact) mass is 363 g/mol. The standard InChI is InChI=1S/C15H11BrClN3O/c16-12-8-10(6-7-13(12)17)15(21)14-9-18-19-20(14)11-4-2-1-3-5-11/h1-9,15,21H. The van der Waals surface area contributed by atoms with Crippen molar-refractivity contribution in [3.63, 3.8) is 0 Å². The Balaban J connectivity index is 2.01. The number of aliphatic hydroxyl groups excluding tert-OH is 1. The van der Waals surface area contributed by atoms with Crippen LogP contribution in [-0.2, 0) is 0 Å². The second kappa shape index (κ2) is 5.97. The normalized spacial score (nSPS) is 12.3. The molecular weight excluding hydrogens is 354 g/mol. The van der Waals surface area contributed by atoms with E-state index in [0.29, 0.717) is 16.3 Å². The lowest BCUT2D eigenvalue weighted by atomic mass is 10.1. The van der Waals surface area contributed by atoms with Gasteiger partial charge in [-0.2, -0.15) is 0 Å². The molecule has 0 aliphatic carbocycles. The van der Waals surface area contributed by atoms with Gasteiger partial charge in [0.05, 0.1) is 22.6 Å². The second-order valence-corrected chi connectivity index (χ2v) is 5.74. The Hall–Kier alpha value is -1.69. The van der Waals surface area contributed by atoms with Crippen molar-refractivity contribution in [2.24, 2.45) is 0 Å². The maximum absolute atomic E-state index is 10.6. The molecule has 0 saturated heterocycles. The first kappa shape index (κ1) is 14.3. The van der Waals surface area contributed by atoms with Crippen molar-refractivity contribution >= 4 is 27.5 Å². The number of aliphatic hydroxyl groups is 1. The Morgan fingerprint density at radius 3 is 2.62 bits per heavy atom. The van der Waals surface area contributed by atoms with Crippen molar-refractivity contribution in [1.82, 2.24) is 15.0 Å². The number of nitrogens with zero attached hydrogens (tertiary/aromatic N) is 3. The summed E-state index contributed by atoms with van der Waals surface area (Å²) in [6.45, 7) is 0. The van der Waals surface area contributed by atoms with Gasteiger partial charge in [0.1, 0.15) is 6.10 Å². The Bertz CT molecular complexity index is 761. The number of para-hydroxylation sites is 1. The van der Waals surface area contributed by atoms with E-state index in [9.17, 15) is 5.11 Å². The fourth-order valence-electron chi connectivity index (χ4n) is 2.05. The van der Waals surface area contributed by atoms with Gasteiger partial charge in [-0.15, -0.1) is 5.10 Å². The number of benzene rings is 2. The van der Waals surface area contributed by atoms with Crippen molar-refractivity contribution < 1.29 is 5.11 Å². The largest absolute Gasteiger partial charge is 0.382 e. The second-order valence-electron chi connectivity index (χ2n) is 4.48. The predicted molar refractivity (Wildman–Crippen MR) is 84.6 cm³/mol. The highest BCUT2D eigenvalue weighted by Gasteiger charge is 2.18. The number of hydrogen-bond donors (Lipinski definition) is 1. The highest BCUT2D eigenvalue weighted by atomic mass is 79.9. The van der Waals surface area contributed by atoms with Crippen LogP contribution in [0.25, 0.3) is 5.69 Å². The molecule has 1 N–H and O–H groups in total. The summed E-state index contributed by atoms with van der Waals surface area (Å²) in [7, 11) is 0. The van der Waals surface area contributed by atoms with Gasteiger partial charge in [0.2, 0.25) is 0 Å². The number of aromatic nitrogens is 3. The summed E-state index contributed by atoms with van der Waals surface area (Å²) in [6, 6.07) is 14.9.